The number of carbonyl (C=O) groups is 1. The summed E-state index contributed by atoms with van der Waals surface area (Å²) in [7, 11) is 0. The molecule has 3 heteroatoms. The smallest absolute Gasteiger partial charge is 0.234 e. The van der Waals surface area contributed by atoms with E-state index < -0.39 is 0 Å². The molecule has 0 saturated heterocycles. The molecule has 20 heavy (non-hydrogen) atoms. The van der Waals surface area contributed by atoms with E-state index in [4.69, 9.17) is 0 Å². The van der Waals surface area contributed by atoms with E-state index in [1.165, 1.54) is 18.4 Å². The number of rotatable bonds is 6. The van der Waals surface area contributed by atoms with Gasteiger partial charge in [-0.15, -0.1) is 0 Å². The molecule has 0 aromatic heterocycles. The van der Waals surface area contributed by atoms with Crippen molar-refractivity contribution in [1.82, 2.24) is 10.6 Å². The van der Waals surface area contributed by atoms with Crippen LogP contribution in [0.4, 0.5) is 0 Å². The molecule has 1 saturated carbocycles. The Kier molecular flexibility index (Phi) is 4.81. The lowest BCUT2D eigenvalue weighted by atomic mass is 9.87. The SMILES string of the molecule is CC(C)(C)c1ccc(CNC(=O)CNCC2CC2)cc1. The van der Waals surface area contributed by atoms with Crippen molar-refractivity contribution in [2.24, 2.45) is 5.92 Å². The van der Waals surface area contributed by atoms with Crippen LogP contribution in [0.15, 0.2) is 24.3 Å². The van der Waals surface area contributed by atoms with E-state index in [-0.39, 0.29) is 11.3 Å². The van der Waals surface area contributed by atoms with Gasteiger partial charge in [-0.2, -0.15) is 0 Å². The molecule has 0 bridgehead atoms. The molecular formula is C17H26N2O. The van der Waals surface area contributed by atoms with E-state index in [9.17, 15) is 4.79 Å². The van der Waals surface area contributed by atoms with Gasteiger partial charge < -0.3 is 10.6 Å². The molecule has 3 nitrogen and oxygen atoms in total. The highest BCUT2D eigenvalue weighted by atomic mass is 16.1. The average molecular weight is 274 g/mol. The molecule has 1 aromatic rings. The van der Waals surface area contributed by atoms with Gasteiger partial charge in [0.25, 0.3) is 0 Å². The lowest BCUT2D eigenvalue weighted by molar-refractivity contribution is -0.120. The fourth-order valence-corrected chi connectivity index (χ4v) is 2.10. The maximum Gasteiger partial charge on any atom is 0.234 e. The maximum absolute atomic E-state index is 11.7. The highest BCUT2D eigenvalue weighted by molar-refractivity contribution is 5.77. The predicted molar refractivity (Wildman–Crippen MR) is 82.6 cm³/mol. The lowest BCUT2D eigenvalue weighted by Gasteiger charge is -2.19. The minimum Gasteiger partial charge on any atom is -0.351 e. The zero-order valence-corrected chi connectivity index (χ0v) is 12.8. The van der Waals surface area contributed by atoms with E-state index in [1.807, 2.05) is 0 Å². The Bertz CT molecular complexity index is 441. The summed E-state index contributed by atoms with van der Waals surface area (Å²) < 4.78 is 0. The van der Waals surface area contributed by atoms with Crippen molar-refractivity contribution in [3.05, 3.63) is 35.4 Å². The average Bonchev–Trinajstić information content (AvgIpc) is 3.20. The molecule has 1 amide bonds. The number of hydrogen-bond donors (Lipinski definition) is 2. The molecule has 110 valence electrons. The topological polar surface area (TPSA) is 41.1 Å². The maximum atomic E-state index is 11.7. The lowest BCUT2D eigenvalue weighted by Crippen LogP contribution is -2.34. The Balaban J connectivity index is 1.71. The van der Waals surface area contributed by atoms with Crippen LogP contribution in [0.25, 0.3) is 0 Å². The van der Waals surface area contributed by atoms with Crippen molar-refractivity contribution in [2.45, 2.75) is 45.6 Å². The Hall–Kier alpha value is -1.35. The normalized spacial score (nSPS) is 15.2. The third-order valence-corrected chi connectivity index (χ3v) is 3.73. The van der Waals surface area contributed by atoms with Crippen LogP contribution in [-0.2, 0) is 16.8 Å². The highest BCUT2D eigenvalue weighted by Crippen LogP contribution is 2.27. The van der Waals surface area contributed by atoms with Crippen LogP contribution in [-0.4, -0.2) is 19.0 Å². The van der Waals surface area contributed by atoms with Crippen molar-refractivity contribution >= 4 is 5.91 Å². The fourth-order valence-electron chi connectivity index (χ4n) is 2.10. The van der Waals surface area contributed by atoms with Gasteiger partial charge in [-0.05, 0) is 41.8 Å². The minimum atomic E-state index is 0.0746. The van der Waals surface area contributed by atoms with Crippen LogP contribution in [0.3, 0.4) is 0 Å². The summed E-state index contributed by atoms with van der Waals surface area (Å²) >= 11 is 0. The van der Waals surface area contributed by atoms with Crippen molar-refractivity contribution < 1.29 is 4.79 Å². The largest absolute Gasteiger partial charge is 0.351 e. The molecule has 0 unspecified atom stereocenters. The van der Waals surface area contributed by atoms with E-state index in [1.54, 1.807) is 0 Å². The summed E-state index contributed by atoms with van der Waals surface area (Å²) in [4.78, 5) is 11.7. The first-order valence-electron chi connectivity index (χ1n) is 7.52. The molecule has 0 aliphatic heterocycles. The molecule has 1 aliphatic carbocycles. The summed E-state index contributed by atoms with van der Waals surface area (Å²) in [6, 6.07) is 8.48. The molecule has 0 heterocycles. The van der Waals surface area contributed by atoms with Crippen molar-refractivity contribution in [3.8, 4) is 0 Å². The zero-order valence-electron chi connectivity index (χ0n) is 12.8. The fraction of sp³-hybridized carbons (Fsp3) is 0.588. The molecule has 2 rings (SSSR count). The van der Waals surface area contributed by atoms with Crippen LogP contribution < -0.4 is 10.6 Å². The van der Waals surface area contributed by atoms with Gasteiger partial charge in [-0.3, -0.25) is 4.79 Å². The Labute approximate surface area is 122 Å². The van der Waals surface area contributed by atoms with Gasteiger partial charge in [0.2, 0.25) is 5.91 Å². The standard InChI is InChI=1S/C17H26N2O/c1-17(2,3)15-8-6-14(7-9-15)11-19-16(20)12-18-10-13-4-5-13/h6-9,13,18H,4-5,10-12H2,1-3H3,(H,19,20). The third-order valence-electron chi connectivity index (χ3n) is 3.73. The minimum absolute atomic E-state index is 0.0746. The first kappa shape index (κ1) is 15.0. The predicted octanol–water partition coefficient (Wildman–Crippen LogP) is 2.60. The molecule has 1 aliphatic rings. The second-order valence-corrected chi connectivity index (χ2v) is 6.80. The molecular weight excluding hydrogens is 248 g/mol. The van der Waals surface area contributed by atoms with Crippen molar-refractivity contribution in [3.63, 3.8) is 0 Å². The van der Waals surface area contributed by atoms with E-state index >= 15 is 0 Å². The second kappa shape index (κ2) is 6.40. The number of hydrogen-bond acceptors (Lipinski definition) is 2. The summed E-state index contributed by atoms with van der Waals surface area (Å²) in [6.45, 7) is 8.62. The summed E-state index contributed by atoms with van der Waals surface area (Å²) in [5.74, 6) is 0.887. The van der Waals surface area contributed by atoms with E-state index in [2.05, 4.69) is 55.7 Å². The Morgan fingerprint density at radius 1 is 1.20 bits per heavy atom. The molecule has 1 aromatic carbocycles. The molecule has 2 N–H and O–H groups in total. The van der Waals surface area contributed by atoms with Crippen molar-refractivity contribution in [2.75, 3.05) is 13.1 Å². The number of carbonyl (C=O) groups excluding carboxylic acids is 1. The van der Waals surface area contributed by atoms with Crippen LogP contribution in [0.5, 0.6) is 0 Å². The highest BCUT2D eigenvalue weighted by Gasteiger charge is 2.20. The van der Waals surface area contributed by atoms with Crippen LogP contribution >= 0.6 is 0 Å². The Morgan fingerprint density at radius 2 is 1.85 bits per heavy atom. The molecule has 1 fully saturated rings. The quantitative estimate of drug-likeness (QED) is 0.837. The molecule has 0 atom stereocenters. The number of amides is 1. The summed E-state index contributed by atoms with van der Waals surface area (Å²) in [5.41, 5.74) is 2.64. The van der Waals surface area contributed by atoms with Gasteiger partial charge in [-0.1, -0.05) is 45.0 Å². The van der Waals surface area contributed by atoms with Gasteiger partial charge >= 0.3 is 0 Å². The van der Waals surface area contributed by atoms with Gasteiger partial charge in [0, 0.05) is 6.54 Å². The first-order chi connectivity index (χ1) is 9.45. The summed E-state index contributed by atoms with van der Waals surface area (Å²) in [5, 5.41) is 6.15. The Morgan fingerprint density at radius 3 is 2.40 bits per heavy atom. The number of benzene rings is 1. The van der Waals surface area contributed by atoms with Crippen LogP contribution in [0, 0.1) is 5.92 Å². The van der Waals surface area contributed by atoms with E-state index in [0.717, 1.165) is 18.0 Å². The van der Waals surface area contributed by atoms with Gasteiger partial charge in [-0.25, -0.2) is 0 Å². The second-order valence-electron chi connectivity index (χ2n) is 6.80. The first-order valence-corrected chi connectivity index (χ1v) is 7.52. The monoisotopic (exact) mass is 274 g/mol. The number of nitrogens with one attached hydrogen (secondary N) is 2. The van der Waals surface area contributed by atoms with Crippen molar-refractivity contribution in [1.29, 1.82) is 0 Å². The van der Waals surface area contributed by atoms with Gasteiger partial charge in [0.15, 0.2) is 0 Å². The van der Waals surface area contributed by atoms with Crippen LogP contribution in [0.2, 0.25) is 0 Å². The van der Waals surface area contributed by atoms with E-state index in [0.29, 0.717) is 13.1 Å². The summed E-state index contributed by atoms with van der Waals surface area (Å²) in [6.07, 6.45) is 2.63. The van der Waals surface area contributed by atoms with Gasteiger partial charge in [0.1, 0.15) is 0 Å². The van der Waals surface area contributed by atoms with Gasteiger partial charge in [0.05, 0.1) is 6.54 Å². The van der Waals surface area contributed by atoms with Crippen LogP contribution in [0.1, 0.15) is 44.7 Å². The zero-order chi connectivity index (χ0) is 14.6. The molecule has 0 radical (unpaired) electrons. The third kappa shape index (κ3) is 4.97. The molecule has 0 spiro atoms.